The number of ether oxygens (including phenoxy) is 2. The smallest absolute Gasteiger partial charge is 0.340 e. The number of rotatable bonds is 4. The summed E-state index contributed by atoms with van der Waals surface area (Å²) in [7, 11) is 0. The van der Waals surface area contributed by atoms with Crippen LogP contribution in [0.2, 0.25) is 0 Å². The minimum atomic E-state index is -0.522. The monoisotopic (exact) mass is 222 g/mol. The van der Waals surface area contributed by atoms with Crippen LogP contribution in [-0.2, 0) is 9.53 Å². The van der Waals surface area contributed by atoms with Crippen LogP contribution in [-0.4, -0.2) is 18.7 Å². The topological polar surface area (TPSA) is 35.5 Å². The van der Waals surface area contributed by atoms with Crippen LogP contribution in [0.3, 0.4) is 0 Å². The molecule has 0 N–H and O–H groups in total. The number of benzene rings is 1. The number of hydrogen-bond acceptors (Lipinski definition) is 3. The molecule has 0 spiro atoms. The summed E-state index contributed by atoms with van der Waals surface area (Å²) < 4.78 is 10.4. The van der Waals surface area contributed by atoms with E-state index >= 15 is 0 Å². The minimum absolute atomic E-state index is 0.353. The molecule has 1 unspecified atom stereocenters. The van der Waals surface area contributed by atoms with Gasteiger partial charge in [-0.15, -0.1) is 0 Å². The van der Waals surface area contributed by atoms with Gasteiger partial charge in [-0.3, -0.25) is 0 Å². The van der Waals surface area contributed by atoms with Crippen LogP contribution < -0.4 is 4.74 Å². The molecule has 16 heavy (non-hydrogen) atoms. The van der Waals surface area contributed by atoms with Crippen molar-refractivity contribution in [2.75, 3.05) is 6.61 Å². The second-order valence-corrected chi connectivity index (χ2v) is 3.79. The Kier molecular flexibility index (Phi) is 4.50. The van der Waals surface area contributed by atoms with Crippen molar-refractivity contribution >= 4 is 5.97 Å². The SMILES string of the molecule is CCOC(C)C(=O)Oc1ccc(C)cc1C. The molecule has 0 aliphatic carbocycles. The molecule has 0 aliphatic heterocycles. The van der Waals surface area contributed by atoms with Gasteiger partial charge in [0.25, 0.3) is 0 Å². The highest BCUT2D eigenvalue weighted by Gasteiger charge is 2.15. The molecule has 1 atom stereocenters. The van der Waals surface area contributed by atoms with Gasteiger partial charge in [0.15, 0.2) is 6.10 Å². The van der Waals surface area contributed by atoms with Crippen LogP contribution in [0.1, 0.15) is 25.0 Å². The molecule has 0 heterocycles. The average Bonchev–Trinajstić information content (AvgIpc) is 2.22. The Hall–Kier alpha value is -1.35. The van der Waals surface area contributed by atoms with Gasteiger partial charge in [-0.2, -0.15) is 0 Å². The third-order valence-corrected chi connectivity index (χ3v) is 2.29. The minimum Gasteiger partial charge on any atom is -0.424 e. The average molecular weight is 222 g/mol. The maximum atomic E-state index is 11.6. The summed E-state index contributed by atoms with van der Waals surface area (Å²) in [4.78, 5) is 11.6. The van der Waals surface area contributed by atoms with Gasteiger partial charge < -0.3 is 9.47 Å². The second-order valence-electron chi connectivity index (χ2n) is 3.79. The van der Waals surface area contributed by atoms with Crippen molar-refractivity contribution in [2.45, 2.75) is 33.8 Å². The lowest BCUT2D eigenvalue weighted by molar-refractivity contribution is -0.145. The molecule has 0 fully saturated rings. The highest BCUT2D eigenvalue weighted by molar-refractivity contribution is 5.77. The van der Waals surface area contributed by atoms with Crippen LogP contribution in [0.4, 0.5) is 0 Å². The van der Waals surface area contributed by atoms with Crippen molar-refractivity contribution in [1.29, 1.82) is 0 Å². The van der Waals surface area contributed by atoms with Gasteiger partial charge in [-0.25, -0.2) is 4.79 Å². The van der Waals surface area contributed by atoms with Gasteiger partial charge in [0, 0.05) is 6.61 Å². The van der Waals surface area contributed by atoms with Crippen molar-refractivity contribution in [1.82, 2.24) is 0 Å². The Bertz CT molecular complexity index is 371. The maximum Gasteiger partial charge on any atom is 0.340 e. The molecule has 0 bridgehead atoms. The van der Waals surface area contributed by atoms with Crippen molar-refractivity contribution in [3.8, 4) is 5.75 Å². The van der Waals surface area contributed by atoms with E-state index in [2.05, 4.69) is 0 Å². The van der Waals surface area contributed by atoms with Crippen LogP contribution in [0.5, 0.6) is 5.75 Å². The van der Waals surface area contributed by atoms with Gasteiger partial charge in [-0.1, -0.05) is 17.7 Å². The van der Waals surface area contributed by atoms with E-state index < -0.39 is 6.10 Å². The highest BCUT2D eigenvalue weighted by atomic mass is 16.6. The lowest BCUT2D eigenvalue weighted by Crippen LogP contribution is -2.26. The maximum absolute atomic E-state index is 11.6. The van der Waals surface area contributed by atoms with Gasteiger partial charge in [0.2, 0.25) is 0 Å². The molecule has 1 aromatic rings. The lowest BCUT2D eigenvalue weighted by atomic mass is 10.1. The molecule has 3 nitrogen and oxygen atoms in total. The Morgan fingerprint density at radius 1 is 1.38 bits per heavy atom. The van der Waals surface area contributed by atoms with Crippen LogP contribution in [0.15, 0.2) is 18.2 Å². The van der Waals surface area contributed by atoms with Gasteiger partial charge >= 0.3 is 5.97 Å². The molecule has 0 saturated carbocycles. The van der Waals surface area contributed by atoms with E-state index in [0.29, 0.717) is 12.4 Å². The quantitative estimate of drug-likeness (QED) is 0.580. The normalized spacial score (nSPS) is 12.2. The second kappa shape index (κ2) is 5.66. The first-order chi connectivity index (χ1) is 7.54. The summed E-state index contributed by atoms with van der Waals surface area (Å²) in [6.45, 7) is 7.96. The van der Waals surface area contributed by atoms with E-state index in [-0.39, 0.29) is 5.97 Å². The van der Waals surface area contributed by atoms with Gasteiger partial charge in [0.1, 0.15) is 5.75 Å². The van der Waals surface area contributed by atoms with E-state index in [1.54, 1.807) is 13.0 Å². The van der Waals surface area contributed by atoms with E-state index in [0.717, 1.165) is 11.1 Å². The lowest BCUT2D eigenvalue weighted by Gasteiger charge is -2.12. The predicted octanol–water partition coefficient (Wildman–Crippen LogP) is 2.63. The molecule has 1 rings (SSSR count). The predicted molar refractivity (Wildman–Crippen MR) is 62.6 cm³/mol. The number of aryl methyl sites for hydroxylation is 2. The third kappa shape index (κ3) is 3.35. The Morgan fingerprint density at radius 3 is 2.62 bits per heavy atom. The van der Waals surface area contributed by atoms with Crippen molar-refractivity contribution in [2.24, 2.45) is 0 Å². The zero-order valence-electron chi connectivity index (χ0n) is 10.2. The first-order valence-corrected chi connectivity index (χ1v) is 5.45. The molecular formula is C13H18O3. The zero-order chi connectivity index (χ0) is 12.1. The van der Waals surface area contributed by atoms with Gasteiger partial charge in [-0.05, 0) is 39.3 Å². The van der Waals surface area contributed by atoms with Crippen LogP contribution >= 0.6 is 0 Å². The van der Waals surface area contributed by atoms with Crippen LogP contribution in [0, 0.1) is 13.8 Å². The Balaban J connectivity index is 2.69. The number of carbonyl (C=O) groups is 1. The summed E-state index contributed by atoms with van der Waals surface area (Å²) in [5.41, 5.74) is 2.10. The standard InChI is InChI=1S/C13H18O3/c1-5-15-11(4)13(14)16-12-7-6-9(2)8-10(12)3/h6-8,11H,5H2,1-4H3. The number of hydrogen-bond donors (Lipinski definition) is 0. The van der Waals surface area contributed by atoms with E-state index in [4.69, 9.17) is 9.47 Å². The first-order valence-electron chi connectivity index (χ1n) is 5.45. The van der Waals surface area contributed by atoms with E-state index in [1.807, 2.05) is 32.9 Å². The molecule has 0 aromatic heterocycles. The summed E-state index contributed by atoms with van der Waals surface area (Å²) in [5, 5.41) is 0. The number of esters is 1. The summed E-state index contributed by atoms with van der Waals surface area (Å²) >= 11 is 0. The molecule has 3 heteroatoms. The zero-order valence-corrected chi connectivity index (χ0v) is 10.2. The summed E-state index contributed by atoms with van der Waals surface area (Å²) in [6.07, 6.45) is -0.522. The molecule has 0 amide bonds. The fourth-order valence-electron chi connectivity index (χ4n) is 1.42. The molecule has 88 valence electrons. The summed E-state index contributed by atoms with van der Waals surface area (Å²) in [5.74, 6) is 0.246. The highest BCUT2D eigenvalue weighted by Crippen LogP contribution is 2.19. The van der Waals surface area contributed by atoms with E-state index in [9.17, 15) is 4.79 Å². The Labute approximate surface area is 96.4 Å². The third-order valence-electron chi connectivity index (χ3n) is 2.29. The fraction of sp³-hybridized carbons (Fsp3) is 0.462. The molecule has 0 radical (unpaired) electrons. The van der Waals surface area contributed by atoms with Gasteiger partial charge in [0.05, 0.1) is 0 Å². The Morgan fingerprint density at radius 2 is 2.06 bits per heavy atom. The number of carbonyl (C=O) groups excluding carboxylic acids is 1. The first kappa shape index (κ1) is 12.7. The molecular weight excluding hydrogens is 204 g/mol. The van der Waals surface area contributed by atoms with E-state index in [1.165, 1.54) is 0 Å². The molecule has 0 saturated heterocycles. The van der Waals surface area contributed by atoms with Crippen molar-refractivity contribution in [3.05, 3.63) is 29.3 Å². The largest absolute Gasteiger partial charge is 0.424 e. The fourth-order valence-corrected chi connectivity index (χ4v) is 1.42. The van der Waals surface area contributed by atoms with Crippen LogP contribution in [0.25, 0.3) is 0 Å². The summed E-state index contributed by atoms with van der Waals surface area (Å²) in [6, 6.07) is 5.70. The van der Waals surface area contributed by atoms with Crippen molar-refractivity contribution < 1.29 is 14.3 Å². The molecule has 0 aliphatic rings. The van der Waals surface area contributed by atoms with Crippen molar-refractivity contribution in [3.63, 3.8) is 0 Å². The molecule has 1 aromatic carbocycles.